The molecule has 29 heavy (non-hydrogen) atoms. The van der Waals surface area contributed by atoms with Gasteiger partial charge in [0.1, 0.15) is 33.9 Å². The second-order valence-corrected chi connectivity index (χ2v) is 7.01. The van der Waals surface area contributed by atoms with Crippen molar-refractivity contribution in [3.05, 3.63) is 58.0 Å². The van der Waals surface area contributed by atoms with Gasteiger partial charge in [0, 0.05) is 5.56 Å². The highest BCUT2D eigenvalue weighted by Gasteiger charge is 2.24. The number of esters is 2. The van der Waals surface area contributed by atoms with Gasteiger partial charge in [-0.25, -0.2) is 9.59 Å². The lowest BCUT2D eigenvalue weighted by Crippen LogP contribution is -2.11. The maximum Gasteiger partial charge on any atom is 0.348 e. The number of ether oxygens (including phenoxy) is 3. The Kier molecular flexibility index (Phi) is 6.00. The van der Waals surface area contributed by atoms with E-state index in [-0.39, 0.29) is 39.8 Å². The first-order valence-electron chi connectivity index (χ1n) is 8.72. The Balaban J connectivity index is 1.91. The number of benzene rings is 2. The van der Waals surface area contributed by atoms with Gasteiger partial charge in [0.15, 0.2) is 0 Å². The molecule has 0 atom stereocenters. The van der Waals surface area contributed by atoms with Gasteiger partial charge in [-0.15, -0.1) is 11.3 Å². The summed E-state index contributed by atoms with van der Waals surface area (Å²) in [5, 5.41) is 11.3. The van der Waals surface area contributed by atoms with Gasteiger partial charge in [0.25, 0.3) is 0 Å². The van der Waals surface area contributed by atoms with Gasteiger partial charge in [0.2, 0.25) is 0 Å². The van der Waals surface area contributed by atoms with Crippen molar-refractivity contribution in [1.82, 2.24) is 0 Å². The van der Waals surface area contributed by atoms with E-state index in [0.717, 1.165) is 22.1 Å². The highest BCUT2D eigenvalue weighted by molar-refractivity contribution is 7.18. The number of rotatable bonds is 6. The van der Waals surface area contributed by atoms with Crippen molar-refractivity contribution in [2.75, 3.05) is 19.5 Å². The lowest BCUT2D eigenvalue weighted by atomic mass is 10.1. The smallest absolute Gasteiger partial charge is 0.348 e. The minimum Gasteiger partial charge on any atom is -0.496 e. The standard InChI is InChI=1S/C21H18N2O5S/c1-3-27-21(25)18-16(15(10-22)19(23)29-18)11-28-20(24)14-8-12-6-4-5-7-13(12)9-17(14)26-2/h4-9H,3,11,23H2,1-2H3. The van der Waals surface area contributed by atoms with Crippen molar-refractivity contribution in [1.29, 1.82) is 5.26 Å². The first kappa shape index (κ1) is 20.2. The second kappa shape index (κ2) is 8.63. The minimum absolute atomic E-state index is 0.108. The van der Waals surface area contributed by atoms with Crippen LogP contribution >= 0.6 is 11.3 Å². The molecule has 0 saturated heterocycles. The molecule has 0 bridgehead atoms. The van der Waals surface area contributed by atoms with E-state index in [9.17, 15) is 14.9 Å². The van der Waals surface area contributed by atoms with Crippen LogP contribution in [0.1, 0.15) is 38.1 Å². The third kappa shape index (κ3) is 4.00. The fourth-order valence-electron chi connectivity index (χ4n) is 2.87. The molecule has 0 unspecified atom stereocenters. The van der Waals surface area contributed by atoms with E-state index in [1.54, 1.807) is 19.1 Å². The number of nitrogens with zero attached hydrogens (tertiary/aromatic N) is 1. The largest absolute Gasteiger partial charge is 0.496 e. The summed E-state index contributed by atoms with van der Waals surface area (Å²) in [5.41, 5.74) is 6.43. The Morgan fingerprint density at radius 3 is 2.45 bits per heavy atom. The summed E-state index contributed by atoms with van der Waals surface area (Å²) in [5.74, 6) is -0.888. The Morgan fingerprint density at radius 1 is 1.14 bits per heavy atom. The molecular weight excluding hydrogens is 392 g/mol. The number of nitrogen functional groups attached to an aromatic ring is 1. The van der Waals surface area contributed by atoms with Crippen molar-refractivity contribution in [2.24, 2.45) is 0 Å². The van der Waals surface area contributed by atoms with Gasteiger partial charge in [-0.2, -0.15) is 5.26 Å². The summed E-state index contributed by atoms with van der Waals surface area (Å²) in [6, 6.07) is 12.9. The van der Waals surface area contributed by atoms with E-state index in [2.05, 4.69) is 0 Å². The summed E-state index contributed by atoms with van der Waals surface area (Å²) in [6.45, 7) is 1.55. The molecule has 0 aliphatic heterocycles. The molecule has 0 saturated carbocycles. The van der Waals surface area contributed by atoms with Crippen LogP contribution in [-0.4, -0.2) is 25.7 Å². The molecule has 0 aliphatic carbocycles. The van der Waals surface area contributed by atoms with Crippen LogP contribution in [0.5, 0.6) is 5.75 Å². The maximum absolute atomic E-state index is 12.7. The van der Waals surface area contributed by atoms with Crippen LogP contribution in [0.2, 0.25) is 0 Å². The summed E-state index contributed by atoms with van der Waals surface area (Å²) < 4.78 is 15.7. The van der Waals surface area contributed by atoms with Crippen molar-refractivity contribution >= 4 is 39.0 Å². The lowest BCUT2D eigenvalue weighted by molar-refractivity contribution is 0.0450. The zero-order valence-electron chi connectivity index (χ0n) is 15.9. The predicted molar refractivity (Wildman–Crippen MR) is 109 cm³/mol. The fourth-order valence-corrected chi connectivity index (χ4v) is 3.79. The predicted octanol–water partition coefficient (Wildman–Crippen LogP) is 3.90. The zero-order chi connectivity index (χ0) is 21.0. The van der Waals surface area contributed by atoms with Crippen LogP contribution in [-0.2, 0) is 16.1 Å². The highest BCUT2D eigenvalue weighted by Crippen LogP contribution is 2.33. The number of methoxy groups -OCH3 is 1. The quantitative estimate of drug-likeness (QED) is 0.613. The van der Waals surface area contributed by atoms with Crippen LogP contribution in [0.15, 0.2) is 36.4 Å². The minimum atomic E-state index is -0.643. The first-order chi connectivity index (χ1) is 14.0. The average Bonchev–Trinajstić information content (AvgIpc) is 3.06. The van der Waals surface area contributed by atoms with Gasteiger partial charge in [-0.1, -0.05) is 24.3 Å². The molecule has 1 heterocycles. The molecular formula is C21H18N2O5S. The summed E-state index contributed by atoms with van der Waals surface area (Å²) in [7, 11) is 1.47. The van der Waals surface area contributed by atoms with Crippen LogP contribution in [0, 0.1) is 11.3 Å². The molecule has 148 valence electrons. The summed E-state index contributed by atoms with van der Waals surface area (Å²) >= 11 is 0.935. The number of thiophene rings is 1. The third-order valence-corrected chi connectivity index (χ3v) is 5.28. The lowest BCUT2D eigenvalue weighted by Gasteiger charge is -2.11. The number of carbonyl (C=O) groups excluding carboxylic acids is 2. The molecule has 0 amide bonds. The Bertz CT molecular complexity index is 1130. The van der Waals surface area contributed by atoms with Gasteiger partial charge in [0.05, 0.1) is 19.3 Å². The van der Waals surface area contributed by atoms with Crippen molar-refractivity contribution in [2.45, 2.75) is 13.5 Å². The van der Waals surface area contributed by atoms with E-state index < -0.39 is 11.9 Å². The number of anilines is 1. The molecule has 8 heteroatoms. The SMILES string of the molecule is CCOC(=O)c1sc(N)c(C#N)c1COC(=O)c1cc2ccccc2cc1OC. The van der Waals surface area contributed by atoms with E-state index in [0.29, 0.717) is 5.75 Å². The topological polar surface area (TPSA) is 112 Å². The normalized spacial score (nSPS) is 10.4. The summed E-state index contributed by atoms with van der Waals surface area (Å²) in [6.07, 6.45) is 0. The van der Waals surface area contributed by atoms with Gasteiger partial charge in [-0.3, -0.25) is 0 Å². The third-order valence-electron chi connectivity index (χ3n) is 4.24. The number of fused-ring (bicyclic) bond motifs is 1. The monoisotopic (exact) mass is 410 g/mol. The van der Waals surface area contributed by atoms with E-state index in [1.165, 1.54) is 7.11 Å². The van der Waals surface area contributed by atoms with Crippen LogP contribution < -0.4 is 10.5 Å². The summed E-state index contributed by atoms with van der Waals surface area (Å²) in [4.78, 5) is 25.0. The molecule has 3 rings (SSSR count). The van der Waals surface area contributed by atoms with E-state index in [1.807, 2.05) is 30.3 Å². The average molecular weight is 410 g/mol. The number of hydrogen-bond donors (Lipinski definition) is 1. The van der Waals surface area contributed by atoms with Crippen LogP contribution in [0.3, 0.4) is 0 Å². The number of nitrogens with two attached hydrogens (primary N) is 1. The fraction of sp³-hybridized carbons (Fsp3) is 0.190. The molecule has 2 aromatic carbocycles. The van der Waals surface area contributed by atoms with Crippen molar-refractivity contribution in [3.63, 3.8) is 0 Å². The second-order valence-electron chi connectivity index (χ2n) is 5.96. The van der Waals surface area contributed by atoms with Gasteiger partial charge < -0.3 is 19.9 Å². The van der Waals surface area contributed by atoms with Crippen molar-refractivity contribution in [3.8, 4) is 11.8 Å². The highest BCUT2D eigenvalue weighted by atomic mass is 32.1. The van der Waals surface area contributed by atoms with Crippen molar-refractivity contribution < 1.29 is 23.8 Å². The van der Waals surface area contributed by atoms with Crippen LogP contribution in [0.4, 0.5) is 5.00 Å². The van der Waals surface area contributed by atoms with E-state index >= 15 is 0 Å². The number of hydrogen-bond acceptors (Lipinski definition) is 8. The molecule has 3 aromatic rings. The Labute approximate surface area is 171 Å². The van der Waals surface area contributed by atoms with E-state index in [4.69, 9.17) is 19.9 Å². The number of nitriles is 1. The zero-order valence-corrected chi connectivity index (χ0v) is 16.7. The molecule has 0 spiro atoms. The maximum atomic E-state index is 12.7. The van der Waals surface area contributed by atoms with Gasteiger partial charge in [-0.05, 0) is 29.8 Å². The molecule has 7 nitrogen and oxygen atoms in total. The molecule has 2 N–H and O–H groups in total. The van der Waals surface area contributed by atoms with Gasteiger partial charge >= 0.3 is 11.9 Å². The van der Waals surface area contributed by atoms with Crippen LogP contribution in [0.25, 0.3) is 10.8 Å². The number of carbonyl (C=O) groups is 2. The first-order valence-corrected chi connectivity index (χ1v) is 9.54. The molecule has 0 fully saturated rings. The Morgan fingerprint density at radius 2 is 1.83 bits per heavy atom. The molecule has 0 radical (unpaired) electrons. The molecule has 1 aromatic heterocycles. The Hall–Kier alpha value is -3.57. The molecule has 0 aliphatic rings.